The topological polar surface area (TPSA) is 40.6 Å². The molecule has 3 rings (SSSR count). The summed E-state index contributed by atoms with van der Waals surface area (Å²) in [5, 5.41) is 0. The zero-order valence-electron chi connectivity index (χ0n) is 18.3. The highest BCUT2D eigenvalue weighted by molar-refractivity contribution is 6.15. The van der Waals surface area contributed by atoms with Gasteiger partial charge in [0.2, 0.25) is 5.91 Å². The van der Waals surface area contributed by atoms with E-state index in [0.717, 1.165) is 12.1 Å². The van der Waals surface area contributed by atoms with E-state index >= 15 is 0 Å². The summed E-state index contributed by atoms with van der Waals surface area (Å²) < 4.78 is 40.6. The molecule has 1 fully saturated rings. The van der Waals surface area contributed by atoms with Crippen LogP contribution in [0.25, 0.3) is 12.2 Å². The fourth-order valence-electron chi connectivity index (χ4n) is 3.46. The monoisotopic (exact) mass is 442 g/mol. The molecule has 7 heteroatoms. The molecule has 0 saturated carbocycles. The summed E-state index contributed by atoms with van der Waals surface area (Å²) in [6.07, 6.45) is 3.39. The summed E-state index contributed by atoms with van der Waals surface area (Å²) in [6.45, 7) is 2.38. The molecular formula is C25H25F3N2O2. The Morgan fingerprint density at radius 1 is 0.938 bits per heavy atom. The van der Waals surface area contributed by atoms with Crippen molar-refractivity contribution in [2.24, 2.45) is 0 Å². The first kappa shape index (κ1) is 23.5. The number of piperidine rings is 1. The lowest BCUT2D eigenvalue weighted by atomic mass is 9.93. The summed E-state index contributed by atoms with van der Waals surface area (Å²) in [5.41, 5.74) is 2.08. The van der Waals surface area contributed by atoms with Crippen molar-refractivity contribution in [3.05, 3.63) is 81.7 Å². The molecule has 0 radical (unpaired) electrons. The Bertz CT molecular complexity index is 1030. The zero-order chi connectivity index (χ0) is 23.4. The van der Waals surface area contributed by atoms with Crippen molar-refractivity contribution >= 4 is 23.8 Å². The zero-order valence-corrected chi connectivity index (χ0v) is 18.3. The van der Waals surface area contributed by atoms with E-state index in [1.807, 2.05) is 19.0 Å². The molecule has 0 atom stereocenters. The molecular weight excluding hydrogens is 417 g/mol. The highest BCUT2D eigenvalue weighted by Crippen LogP contribution is 2.24. The lowest BCUT2D eigenvalue weighted by Gasteiger charge is -2.30. The van der Waals surface area contributed by atoms with Crippen LogP contribution >= 0.6 is 0 Å². The Morgan fingerprint density at radius 2 is 1.50 bits per heavy atom. The van der Waals surface area contributed by atoms with E-state index in [-0.39, 0.29) is 37.0 Å². The summed E-state index contributed by atoms with van der Waals surface area (Å²) in [5.74, 6) is -2.74. The Hall–Kier alpha value is -3.19. The van der Waals surface area contributed by atoms with Gasteiger partial charge in [0.1, 0.15) is 5.82 Å². The van der Waals surface area contributed by atoms with Crippen molar-refractivity contribution in [2.45, 2.75) is 13.3 Å². The van der Waals surface area contributed by atoms with E-state index in [1.165, 1.54) is 18.2 Å². The molecule has 1 amide bonds. The number of carbonyl (C=O) groups is 2. The highest BCUT2D eigenvalue weighted by atomic mass is 19.2. The highest BCUT2D eigenvalue weighted by Gasteiger charge is 2.29. The van der Waals surface area contributed by atoms with Gasteiger partial charge in [-0.3, -0.25) is 9.59 Å². The average molecular weight is 442 g/mol. The first-order valence-corrected chi connectivity index (χ1v) is 10.2. The van der Waals surface area contributed by atoms with E-state index in [4.69, 9.17) is 0 Å². The molecule has 32 heavy (non-hydrogen) atoms. The molecule has 0 unspecified atom stereocenters. The molecule has 2 aromatic rings. The molecule has 168 valence electrons. The van der Waals surface area contributed by atoms with Crippen molar-refractivity contribution < 1.29 is 22.8 Å². The van der Waals surface area contributed by atoms with Gasteiger partial charge in [-0.2, -0.15) is 0 Å². The van der Waals surface area contributed by atoms with Crippen LogP contribution in [0.1, 0.15) is 23.1 Å². The lowest BCUT2D eigenvalue weighted by molar-refractivity contribution is -0.131. The van der Waals surface area contributed by atoms with Crippen LogP contribution in [-0.2, 0) is 9.59 Å². The van der Waals surface area contributed by atoms with Crippen LogP contribution in [0.15, 0.2) is 47.5 Å². The maximum Gasteiger partial charge on any atom is 0.224 e. The van der Waals surface area contributed by atoms with Gasteiger partial charge in [-0.25, -0.2) is 13.2 Å². The van der Waals surface area contributed by atoms with Crippen molar-refractivity contribution in [3.63, 3.8) is 0 Å². The van der Waals surface area contributed by atoms with Crippen molar-refractivity contribution in [1.29, 1.82) is 0 Å². The van der Waals surface area contributed by atoms with Crippen LogP contribution in [0.5, 0.6) is 0 Å². The number of rotatable bonds is 5. The number of hydrogen-bond donors (Lipinski definition) is 0. The van der Waals surface area contributed by atoms with E-state index in [1.54, 1.807) is 30.0 Å². The second-order valence-electron chi connectivity index (χ2n) is 8.15. The predicted octanol–water partition coefficient (Wildman–Crippen LogP) is 4.24. The molecule has 1 saturated heterocycles. The fraction of sp³-hybridized carbons (Fsp3) is 0.280. The maximum absolute atomic E-state index is 13.6. The summed E-state index contributed by atoms with van der Waals surface area (Å²) in [7, 11) is 3.73. The normalized spacial score (nSPS) is 17.0. The largest absolute Gasteiger partial charge is 0.334 e. The second-order valence-corrected chi connectivity index (χ2v) is 8.15. The number of Topliss-reactive ketones (excluding diaryl/α,β-unsaturated/α-hetero) is 1. The van der Waals surface area contributed by atoms with Crippen LogP contribution in [0.4, 0.5) is 13.2 Å². The molecule has 4 nitrogen and oxygen atoms in total. The number of aryl methyl sites for hydroxylation is 1. The standard InChI is InChI=1S/C25H25F3N2O2/c1-16-10-17(4-6-21(16)26)11-19-14-30(24(31)8-9-29(2)3)15-20(25(19)32)12-18-5-7-22(27)23(28)13-18/h4-7,10-13H,8-9,14-15H2,1-3H3/b19-11+,20-12+. The molecule has 1 aliphatic heterocycles. The quantitative estimate of drug-likeness (QED) is 0.651. The average Bonchev–Trinajstić information content (AvgIpc) is 2.74. The maximum atomic E-state index is 13.6. The Balaban J connectivity index is 1.98. The third kappa shape index (κ3) is 5.73. The number of hydrogen-bond acceptors (Lipinski definition) is 3. The van der Waals surface area contributed by atoms with E-state index < -0.39 is 11.6 Å². The van der Waals surface area contributed by atoms with Crippen molar-refractivity contribution in [2.75, 3.05) is 33.7 Å². The molecule has 1 aliphatic rings. The number of likely N-dealkylation sites (tertiary alicyclic amines) is 1. The van der Waals surface area contributed by atoms with E-state index in [9.17, 15) is 22.8 Å². The number of nitrogens with zero attached hydrogens (tertiary/aromatic N) is 2. The van der Waals surface area contributed by atoms with Gasteiger partial charge in [-0.05, 0) is 74.1 Å². The number of benzene rings is 2. The van der Waals surface area contributed by atoms with Crippen LogP contribution in [0.2, 0.25) is 0 Å². The van der Waals surface area contributed by atoms with Gasteiger partial charge in [0.25, 0.3) is 0 Å². The minimum absolute atomic E-state index is 0.0733. The summed E-state index contributed by atoms with van der Waals surface area (Å²) >= 11 is 0. The smallest absolute Gasteiger partial charge is 0.224 e. The Morgan fingerprint density at radius 3 is 2.03 bits per heavy atom. The third-order valence-corrected chi connectivity index (χ3v) is 5.24. The van der Waals surface area contributed by atoms with Gasteiger partial charge < -0.3 is 9.80 Å². The molecule has 0 aromatic heterocycles. The predicted molar refractivity (Wildman–Crippen MR) is 118 cm³/mol. The Kier molecular flexibility index (Phi) is 7.30. The number of ketones is 1. The van der Waals surface area contributed by atoms with Crippen LogP contribution in [0.3, 0.4) is 0 Å². The second kappa shape index (κ2) is 9.96. The first-order chi connectivity index (χ1) is 15.1. The van der Waals surface area contributed by atoms with Gasteiger partial charge in [0.15, 0.2) is 17.4 Å². The van der Waals surface area contributed by atoms with E-state index in [0.29, 0.717) is 34.4 Å². The molecule has 0 aliphatic carbocycles. The van der Waals surface area contributed by atoms with Crippen LogP contribution in [-0.4, -0.2) is 55.2 Å². The molecule has 0 bridgehead atoms. The van der Waals surface area contributed by atoms with Crippen LogP contribution in [0, 0.1) is 24.4 Å². The lowest BCUT2D eigenvalue weighted by Crippen LogP contribution is -2.42. The number of carbonyl (C=O) groups excluding carboxylic acids is 2. The molecule has 0 spiro atoms. The Labute approximate surface area is 185 Å². The number of halogens is 3. The van der Waals surface area contributed by atoms with Gasteiger partial charge >= 0.3 is 0 Å². The first-order valence-electron chi connectivity index (χ1n) is 10.2. The summed E-state index contributed by atoms with van der Waals surface area (Å²) in [6, 6.07) is 7.89. The SMILES string of the molecule is Cc1cc(/C=C2\CN(C(=O)CCN(C)C)C/C(=C\c3ccc(F)c(F)c3)C2=O)ccc1F. The van der Waals surface area contributed by atoms with Gasteiger partial charge in [-0.15, -0.1) is 0 Å². The molecule has 1 heterocycles. The summed E-state index contributed by atoms with van der Waals surface area (Å²) in [4.78, 5) is 29.4. The van der Waals surface area contributed by atoms with Crippen LogP contribution < -0.4 is 0 Å². The number of amides is 1. The minimum atomic E-state index is -1.01. The fourth-order valence-corrected chi connectivity index (χ4v) is 3.46. The van der Waals surface area contributed by atoms with Gasteiger partial charge in [0.05, 0.1) is 0 Å². The minimum Gasteiger partial charge on any atom is -0.334 e. The van der Waals surface area contributed by atoms with E-state index in [2.05, 4.69) is 0 Å². The van der Waals surface area contributed by atoms with Gasteiger partial charge in [0, 0.05) is 37.2 Å². The third-order valence-electron chi connectivity index (χ3n) is 5.24. The van der Waals surface area contributed by atoms with Crippen molar-refractivity contribution in [1.82, 2.24) is 9.80 Å². The molecule has 0 N–H and O–H groups in total. The molecule has 2 aromatic carbocycles. The van der Waals surface area contributed by atoms with Crippen molar-refractivity contribution in [3.8, 4) is 0 Å². The van der Waals surface area contributed by atoms with Gasteiger partial charge in [-0.1, -0.05) is 12.1 Å².